The number of amides is 1. The molecule has 1 fully saturated rings. The van der Waals surface area contributed by atoms with E-state index < -0.39 is 0 Å². The maximum absolute atomic E-state index is 12.2. The van der Waals surface area contributed by atoms with Crippen molar-refractivity contribution >= 4 is 5.91 Å². The standard InChI is InChI=1S/C16H22N2O2/c1-11-4-6-17-9-14(11)10-18-16(19)13-2-3-15-12(8-13)5-7-20-15/h2-3,8,11,14,17H,4-7,9-10H2,1H3,(H,18,19). The first-order valence-electron chi connectivity index (χ1n) is 7.48. The van der Waals surface area contributed by atoms with Crippen molar-refractivity contribution in [2.24, 2.45) is 11.8 Å². The second kappa shape index (κ2) is 5.83. The van der Waals surface area contributed by atoms with Crippen LogP contribution < -0.4 is 15.4 Å². The van der Waals surface area contributed by atoms with E-state index in [2.05, 4.69) is 17.6 Å². The van der Waals surface area contributed by atoms with Crippen molar-refractivity contribution < 1.29 is 9.53 Å². The van der Waals surface area contributed by atoms with Crippen LogP contribution >= 0.6 is 0 Å². The molecule has 0 spiro atoms. The first kappa shape index (κ1) is 13.4. The Morgan fingerprint density at radius 3 is 3.25 bits per heavy atom. The molecule has 2 aliphatic heterocycles. The van der Waals surface area contributed by atoms with Gasteiger partial charge in [-0.1, -0.05) is 6.92 Å². The van der Waals surface area contributed by atoms with E-state index in [0.29, 0.717) is 11.8 Å². The van der Waals surface area contributed by atoms with Crippen molar-refractivity contribution in [1.82, 2.24) is 10.6 Å². The van der Waals surface area contributed by atoms with Crippen LogP contribution in [0.3, 0.4) is 0 Å². The molecular weight excluding hydrogens is 252 g/mol. The van der Waals surface area contributed by atoms with Gasteiger partial charge in [-0.05, 0) is 55.1 Å². The summed E-state index contributed by atoms with van der Waals surface area (Å²) in [6.07, 6.45) is 2.09. The Morgan fingerprint density at radius 2 is 2.40 bits per heavy atom. The van der Waals surface area contributed by atoms with E-state index in [0.717, 1.165) is 49.5 Å². The second-order valence-electron chi connectivity index (χ2n) is 5.86. The summed E-state index contributed by atoms with van der Waals surface area (Å²) in [5, 5.41) is 6.47. The van der Waals surface area contributed by atoms with Crippen LogP contribution in [0.5, 0.6) is 5.75 Å². The summed E-state index contributed by atoms with van der Waals surface area (Å²) >= 11 is 0. The van der Waals surface area contributed by atoms with Crippen molar-refractivity contribution in [3.8, 4) is 5.75 Å². The van der Waals surface area contributed by atoms with Crippen molar-refractivity contribution in [2.75, 3.05) is 26.2 Å². The predicted molar refractivity (Wildman–Crippen MR) is 78.1 cm³/mol. The molecule has 2 aliphatic rings. The number of carbonyl (C=O) groups excluding carboxylic acids is 1. The topological polar surface area (TPSA) is 50.4 Å². The maximum Gasteiger partial charge on any atom is 0.251 e. The van der Waals surface area contributed by atoms with Gasteiger partial charge in [0.05, 0.1) is 6.61 Å². The maximum atomic E-state index is 12.2. The monoisotopic (exact) mass is 274 g/mol. The molecule has 108 valence electrons. The molecule has 20 heavy (non-hydrogen) atoms. The van der Waals surface area contributed by atoms with Crippen LogP contribution in [0.4, 0.5) is 0 Å². The summed E-state index contributed by atoms with van der Waals surface area (Å²) in [6.45, 7) is 5.84. The molecule has 4 heteroatoms. The van der Waals surface area contributed by atoms with Gasteiger partial charge in [0.2, 0.25) is 0 Å². The van der Waals surface area contributed by atoms with Gasteiger partial charge in [0.25, 0.3) is 5.91 Å². The fourth-order valence-corrected chi connectivity index (χ4v) is 2.98. The van der Waals surface area contributed by atoms with E-state index in [9.17, 15) is 4.79 Å². The zero-order valence-corrected chi connectivity index (χ0v) is 11.9. The lowest BCUT2D eigenvalue weighted by Crippen LogP contribution is -2.42. The summed E-state index contributed by atoms with van der Waals surface area (Å²) in [5.74, 6) is 2.15. The first-order chi connectivity index (χ1) is 9.74. The number of carbonyl (C=O) groups is 1. The molecular formula is C16H22N2O2. The largest absolute Gasteiger partial charge is 0.493 e. The zero-order valence-electron chi connectivity index (χ0n) is 11.9. The SMILES string of the molecule is CC1CCNCC1CNC(=O)c1ccc2c(c1)CCO2. The van der Waals surface area contributed by atoms with Gasteiger partial charge in [-0.25, -0.2) is 0 Å². The van der Waals surface area contributed by atoms with Gasteiger partial charge in [0, 0.05) is 18.5 Å². The molecule has 2 N–H and O–H groups in total. The van der Waals surface area contributed by atoms with Gasteiger partial charge in [-0.15, -0.1) is 0 Å². The summed E-state index contributed by atoms with van der Waals surface area (Å²) in [5.41, 5.74) is 1.89. The number of hydrogen-bond acceptors (Lipinski definition) is 3. The highest BCUT2D eigenvalue weighted by molar-refractivity contribution is 5.94. The van der Waals surface area contributed by atoms with Gasteiger partial charge in [0.15, 0.2) is 0 Å². The van der Waals surface area contributed by atoms with E-state index in [-0.39, 0.29) is 5.91 Å². The Kier molecular flexibility index (Phi) is 3.92. The minimum absolute atomic E-state index is 0.0254. The Hall–Kier alpha value is -1.55. The first-order valence-corrected chi connectivity index (χ1v) is 7.48. The van der Waals surface area contributed by atoms with Crippen molar-refractivity contribution in [2.45, 2.75) is 19.8 Å². The van der Waals surface area contributed by atoms with Gasteiger partial charge >= 0.3 is 0 Å². The molecule has 4 nitrogen and oxygen atoms in total. The van der Waals surface area contributed by atoms with Gasteiger partial charge in [-0.2, -0.15) is 0 Å². The average Bonchev–Trinajstić information content (AvgIpc) is 2.93. The van der Waals surface area contributed by atoms with Crippen molar-refractivity contribution in [3.63, 3.8) is 0 Å². The highest BCUT2D eigenvalue weighted by Crippen LogP contribution is 2.26. The highest BCUT2D eigenvalue weighted by Gasteiger charge is 2.22. The zero-order chi connectivity index (χ0) is 13.9. The van der Waals surface area contributed by atoms with Gasteiger partial charge in [0.1, 0.15) is 5.75 Å². The summed E-state index contributed by atoms with van der Waals surface area (Å²) < 4.78 is 5.46. The lowest BCUT2D eigenvalue weighted by molar-refractivity contribution is 0.0939. The lowest BCUT2D eigenvalue weighted by atomic mass is 9.88. The van der Waals surface area contributed by atoms with E-state index in [4.69, 9.17) is 4.74 Å². The average molecular weight is 274 g/mol. The molecule has 2 unspecified atom stereocenters. The Labute approximate surface area is 119 Å². The Balaban J connectivity index is 1.59. The van der Waals surface area contributed by atoms with Crippen LogP contribution in [-0.2, 0) is 6.42 Å². The van der Waals surface area contributed by atoms with Gasteiger partial charge < -0.3 is 15.4 Å². The number of hydrogen-bond donors (Lipinski definition) is 2. The molecule has 0 bridgehead atoms. The number of rotatable bonds is 3. The second-order valence-corrected chi connectivity index (χ2v) is 5.86. The van der Waals surface area contributed by atoms with Crippen LogP contribution in [0.1, 0.15) is 29.3 Å². The molecule has 0 saturated carbocycles. The third-order valence-electron chi connectivity index (χ3n) is 4.46. The van der Waals surface area contributed by atoms with Crippen LogP contribution in [0.25, 0.3) is 0 Å². The van der Waals surface area contributed by atoms with Gasteiger partial charge in [-0.3, -0.25) is 4.79 Å². The number of ether oxygens (including phenoxy) is 1. The molecule has 1 aromatic rings. The van der Waals surface area contributed by atoms with E-state index in [1.807, 2.05) is 18.2 Å². The van der Waals surface area contributed by atoms with E-state index in [1.54, 1.807) is 0 Å². The Bertz CT molecular complexity index is 501. The number of fused-ring (bicyclic) bond motifs is 1. The van der Waals surface area contributed by atoms with Crippen molar-refractivity contribution in [3.05, 3.63) is 29.3 Å². The highest BCUT2D eigenvalue weighted by atomic mass is 16.5. The van der Waals surface area contributed by atoms with Crippen LogP contribution in [0.2, 0.25) is 0 Å². The molecule has 0 aromatic heterocycles. The third kappa shape index (κ3) is 2.80. The molecule has 3 rings (SSSR count). The fraction of sp³-hybridized carbons (Fsp3) is 0.562. The summed E-state index contributed by atoms with van der Waals surface area (Å²) in [7, 11) is 0. The van der Waals surface area contributed by atoms with Crippen LogP contribution in [-0.4, -0.2) is 32.1 Å². The Morgan fingerprint density at radius 1 is 1.50 bits per heavy atom. The smallest absolute Gasteiger partial charge is 0.251 e. The molecule has 1 amide bonds. The van der Waals surface area contributed by atoms with Crippen LogP contribution in [0.15, 0.2) is 18.2 Å². The normalized spacial score (nSPS) is 24.9. The minimum Gasteiger partial charge on any atom is -0.493 e. The number of nitrogens with one attached hydrogen (secondary N) is 2. The van der Waals surface area contributed by atoms with E-state index in [1.165, 1.54) is 6.42 Å². The summed E-state index contributed by atoms with van der Waals surface area (Å²) in [4.78, 5) is 12.2. The molecule has 2 atom stereocenters. The quantitative estimate of drug-likeness (QED) is 0.880. The minimum atomic E-state index is 0.0254. The number of piperidine rings is 1. The van der Waals surface area contributed by atoms with Crippen molar-refractivity contribution in [1.29, 1.82) is 0 Å². The molecule has 0 aliphatic carbocycles. The molecule has 1 saturated heterocycles. The third-order valence-corrected chi connectivity index (χ3v) is 4.46. The summed E-state index contributed by atoms with van der Waals surface area (Å²) in [6, 6.07) is 5.71. The molecule has 1 aromatic carbocycles. The number of benzene rings is 1. The van der Waals surface area contributed by atoms with E-state index >= 15 is 0 Å². The van der Waals surface area contributed by atoms with Crippen LogP contribution in [0, 0.1) is 11.8 Å². The molecule has 0 radical (unpaired) electrons. The lowest BCUT2D eigenvalue weighted by Gasteiger charge is -2.29. The predicted octanol–water partition coefficient (Wildman–Crippen LogP) is 1.60. The molecule has 2 heterocycles. The fourth-order valence-electron chi connectivity index (χ4n) is 2.98.